The number of rotatable bonds is 2. The Hall–Kier alpha value is 0.210. The van der Waals surface area contributed by atoms with Crippen molar-refractivity contribution < 1.29 is 39.5 Å². The first-order valence-corrected chi connectivity index (χ1v) is 4.49. The Morgan fingerprint density at radius 3 is 2.00 bits per heavy atom. The van der Waals surface area contributed by atoms with Crippen molar-refractivity contribution in [2.24, 2.45) is 5.41 Å². The molecule has 0 bridgehead atoms. The van der Waals surface area contributed by atoms with Gasteiger partial charge in [0.2, 0.25) is 0 Å². The van der Waals surface area contributed by atoms with Gasteiger partial charge >= 0.3 is 35.5 Å². The number of carboxylic acids is 1. The second-order valence-electron chi connectivity index (χ2n) is 3.73. The van der Waals surface area contributed by atoms with E-state index < -0.39 is 11.4 Å². The molecule has 0 atom stereocenters. The summed E-state index contributed by atoms with van der Waals surface area (Å²) in [7, 11) is 0. The third kappa shape index (κ3) is 2.58. The van der Waals surface area contributed by atoms with E-state index in [1.54, 1.807) is 0 Å². The minimum absolute atomic E-state index is 0. The predicted molar refractivity (Wildman–Crippen MR) is 48.0 cm³/mol. The Balaban J connectivity index is 0.00000144. The zero-order valence-corrected chi connectivity index (χ0v) is 10.6. The van der Waals surface area contributed by atoms with Gasteiger partial charge in [-0.25, -0.2) is 0 Å². The molecule has 1 fully saturated rings. The van der Waals surface area contributed by atoms with Gasteiger partial charge in [-0.1, -0.05) is 31.4 Å². The van der Waals surface area contributed by atoms with Crippen molar-refractivity contribution in [3.05, 3.63) is 12.2 Å². The molecule has 3 heteroatoms. The molecule has 0 unspecified atom stereocenters. The molecule has 1 aliphatic carbocycles. The van der Waals surface area contributed by atoms with E-state index in [1.165, 1.54) is 6.42 Å². The first-order valence-electron chi connectivity index (χ1n) is 4.49. The Morgan fingerprint density at radius 2 is 1.77 bits per heavy atom. The van der Waals surface area contributed by atoms with E-state index in [2.05, 4.69) is 6.58 Å². The van der Waals surface area contributed by atoms with Gasteiger partial charge < -0.3 is 5.11 Å². The molecule has 2 nitrogen and oxygen atoms in total. The third-order valence-corrected chi connectivity index (χ3v) is 2.93. The van der Waals surface area contributed by atoms with E-state index in [4.69, 9.17) is 5.11 Å². The van der Waals surface area contributed by atoms with Crippen molar-refractivity contribution in [2.75, 3.05) is 0 Å². The number of aliphatic carboxylic acids is 1. The molecule has 0 aliphatic heterocycles. The molecule has 1 rings (SSSR count). The van der Waals surface area contributed by atoms with Crippen LogP contribution in [-0.4, -0.2) is 11.1 Å². The van der Waals surface area contributed by atoms with Crippen LogP contribution in [0.4, 0.5) is 0 Å². The molecular formula is C10H16NaO2+. The SMILES string of the molecule is C=C(C)C1(C(=O)O)CCCCC1.[Na+]. The Kier molecular flexibility index (Phi) is 5.26. The maximum absolute atomic E-state index is 11.1. The van der Waals surface area contributed by atoms with Crippen LogP contribution in [0.15, 0.2) is 12.2 Å². The summed E-state index contributed by atoms with van der Waals surface area (Å²) in [5.41, 5.74) is 0.216. The largest absolute Gasteiger partial charge is 1.00 e. The monoisotopic (exact) mass is 191 g/mol. The van der Waals surface area contributed by atoms with Crippen molar-refractivity contribution in [3.8, 4) is 0 Å². The molecule has 0 aromatic heterocycles. The average Bonchev–Trinajstić information content (AvgIpc) is 2.05. The molecule has 1 N–H and O–H groups in total. The zero-order valence-electron chi connectivity index (χ0n) is 8.60. The summed E-state index contributed by atoms with van der Waals surface area (Å²) in [6.45, 7) is 5.62. The van der Waals surface area contributed by atoms with Crippen LogP contribution >= 0.6 is 0 Å². The van der Waals surface area contributed by atoms with Crippen molar-refractivity contribution in [2.45, 2.75) is 39.0 Å². The van der Waals surface area contributed by atoms with E-state index in [0.29, 0.717) is 0 Å². The number of carbonyl (C=O) groups is 1. The molecular weight excluding hydrogens is 175 g/mol. The molecule has 0 radical (unpaired) electrons. The summed E-state index contributed by atoms with van der Waals surface area (Å²) >= 11 is 0. The maximum Gasteiger partial charge on any atom is 1.00 e. The number of hydrogen-bond donors (Lipinski definition) is 1. The minimum Gasteiger partial charge on any atom is -0.481 e. The summed E-state index contributed by atoms with van der Waals surface area (Å²) in [6, 6.07) is 0. The third-order valence-electron chi connectivity index (χ3n) is 2.93. The summed E-state index contributed by atoms with van der Waals surface area (Å²) < 4.78 is 0. The van der Waals surface area contributed by atoms with Gasteiger partial charge in [-0.2, -0.15) is 0 Å². The van der Waals surface area contributed by atoms with Crippen LogP contribution in [-0.2, 0) is 4.79 Å². The summed E-state index contributed by atoms with van der Waals surface area (Å²) in [5, 5.41) is 9.10. The molecule has 0 aromatic carbocycles. The predicted octanol–water partition coefficient (Wildman–Crippen LogP) is -0.398. The summed E-state index contributed by atoms with van der Waals surface area (Å²) in [5.74, 6) is -0.685. The minimum atomic E-state index is -0.685. The quantitative estimate of drug-likeness (QED) is 0.476. The van der Waals surface area contributed by atoms with Crippen molar-refractivity contribution in [1.82, 2.24) is 0 Å². The number of carboxylic acid groups (broad SMARTS) is 1. The summed E-state index contributed by atoms with van der Waals surface area (Å²) in [4.78, 5) is 11.1. The second kappa shape index (κ2) is 5.18. The molecule has 1 aliphatic rings. The van der Waals surface area contributed by atoms with Gasteiger partial charge in [-0.05, 0) is 19.8 Å². The van der Waals surface area contributed by atoms with Crippen LogP contribution in [0.1, 0.15) is 39.0 Å². The van der Waals surface area contributed by atoms with Gasteiger partial charge in [0, 0.05) is 0 Å². The Morgan fingerprint density at radius 1 is 1.31 bits per heavy atom. The van der Waals surface area contributed by atoms with Crippen LogP contribution in [0.25, 0.3) is 0 Å². The first kappa shape index (κ1) is 13.2. The molecule has 0 saturated heterocycles. The average molecular weight is 191 g/mol. The molecule has 68 valence electrons. The van der Waals surface area contributed by atoms with E-state index in [-0.39, 0.29) is 29.6 Å². The standard InChI is InChI=1S/C10H16O2.Na/c1-8(2)10(9(11)12)6-4-3-5-7-10;/h1,3-7H2,2H3,(H,11,12);/q;+1. The van der Waals surface area contributed by atoms with Gasteiger partial charge in [0.15, 0.2) is 0 Å². The van der Waals surface area contributed by atoms with Crippen LogP contribution in [0.3, 0.4) is 0 Å². The van der Waals surface area contributed by atoms with Gasteiger partial charge in [0.05, 0.1) is 5.41 Å². The Labute approximate surface area is 102 Å². The van der Waals surface area contributed by atoms with Gasteiger partial charge in [0.25, 0.3) is 0 Å². The van der Waals surface area contributed by atoms with Crippen LogP contribution in [0, 0.1) is 5.41 Å². The van der Waals surface area contributed by atoms with E-state index in [9.17, 15) is 4.79 Å². The topological polar surface area (TPSA) is 37.3 Å². The molecule has 1 saturated carbocycles. The fourth-order valence-corrected chi connectivity index (χ4v) is 1.98. The molecule has 0 amide bonds. The molecule has 0 heterocycles. The molecule has 0 aromatic rings. The van der Waals surface area contributed by atoms with E-state index in [1.807, 2.05) is 6.92 Å². The van der Waals surface area contributed by atoms with Crippen molar-refractivity contribution >= 4 is 5.97 Å². The van der Waals surface area contributed by atoms with Gasteiger partial charge in [-0.3, -0.25) is 4.79 Å². The molecule has 0 spiro atoms. The first-order chi connectivity index (χ1) is 5.59. The van der Waals surface area contributed by atoms with Gasteiger partial charge in [-0.15, -0.1) is 0 Å². The fourth-order valence-electron chi connectivity index (χ4n) is 1.98. The van der Waals surface area contributed by atoms with E-state index in [0.717, 1.165) is 31.3 Å². The van der Waals surface area contributed by atoms with E-state index >= 15 is 0 Å². The van der Waals surface area contributed by atoms with Crippen molar-refractivity contribution in [1.29, 1.82) is 0 Å². The zero-order chi connectivity index (χ0) is 9.19. The maximum atomic E-state index is 11.1. The fraction of sp³-hybridized carbons (Fsp3) is 0.700. The normalized spacial score (nSPS) is 20.1. The van der Waals surface area contributed by atoms with Crippen molar-refractivity contribution in [3.63, 3.8) is 0 Å². The van der Waals surface area contributed by atoms with Crippen LogP contribution < -0.4 is 29.6 Å². The smallest absolute Gasteiger partial charge is 0.481 e. The second-order valence-corrected chi connectivity index (χ2v) is 3.73. The number of hydrogen-bond acceptors (Lipinski definition) is 1. The Bertz CT molecular complexity index is 189. The van der Waals surface area contributed by atoms with Gasteiger partial charge in [0.1, 0.15) is 0 Å². The van der Waals surface area contributed by atoms with Crippen LogP contribution in [0.5, 0.6) is 0 Å². The van der Waals surface area contributed by atoms with Crippen LogP contribution in [0.2, 0.25) is 0 Å². The molecule has 13 heavy (non-hydrogen) atoms. The summed E-state index contributed by atoms with van der Waals surface area (Å²) in [6.07, 6.45) is 4.77.